The molecule has 0 aromatic rings. The van der Waals surface area contributed by atoms with Crippen LogP contribution in [0.25, 0.3) is 0 Å². The van der Waals surface area contributed by atoms with Crippen LogP contribution >= 0.6 is 0 Å². The molecule has 1 aliphatic heterocycles. The highest BCUT2D eigenvalue weighted by molar-refractivity contribution is 5.46. The maximum atomic E-state index is 5.49. The lowest BCUT2D eigenvalue weighted by Gasteiger charge is -2.15. The topological polar surface area (TPSA) is 9.23 Å². The van der Waals surface area contributed by atoms with Gasteiger partial charge < -0.3 is 4.74 Å². The molecule has 1 saturated heterocycles. The van der Waals surface area contributed by atoms with Crippen LogP contribution in [-0.2, 0) is 4.74 Å². The van der Waals surface area contributed by atoms with Crippen LogP contribution in [0.4, 0.5) is 0 Å². The van der Waals surface area contributed by atoms with Gasteiger partial charge in [-0.3, -0.25) is 0 Å². The summed E-state index contributed by atoms with van der Waals surface area (Å²) in [6.07, 6.45) is 9.94. The van der Waals surface area contributed by atoms with Crippen LogP contribution in [0.3, 0.4) is 0 Å². The molecule has 13 heavy (non-hydrogen) atoms. The van der Waals surface area contributed by atoms with E-state index in [1.807, 2.05) is 0 Å². The summed E-state index contributed by atoms with van der Waals surface area (Å²) in [5.74, 6) is 1.71. The normalized spacial score (nSPS) is 37.5. The largest absolute Gasteiger partial charge is 0.381 e. The van der Waals surface area contributed by atoms with Crippen molar-refractivity contribution in [2.24, 2.45) is 11.8 Å². The third-order valence-corrected chi connectivity index (χ3v) is 3.54. The molecule has 1 heterocycles. The fourth-order valence-corrected chi connectivity index (χ4v) is 2.67. The third-order valence-electron chi connectivity index (χ3n) is 3.54. The van der Waals surface area contributed by atoms with Crippen molar-refractivity contribution in [3.63, 3.8) is 0 Å². The van der Waals surface area contributed by atoms with Crippen LogP contribution in [0.1, 0.15) is 25.7 Å². The third kappa shape index (κ3) is 1.35. The number of allylic oxidation sites excluding steroid dienone is 4. The molecule has 0 bridgehead atoms. The molecule has 0 spiro atoms. The van der Waals surface area contributed by atoms with Crippen LogP contribution in [0.5, 0.6) is 0 Å². The summed E-state index contributed by atoms with van der Waals surface area (Å²) in [6.45, 7) is 1.96. The number of rotatable bonds is 1. The zero-order valence-corrected chi connectivity index (χ0v) is 7.96. The lowest BCUT2D eigenvalue weighted by molar-refractivity contribution is 0.142. The molecule has 0 amide bonds. The number of hydrogen-bond donors (Lipinski definition) is 0. The van der Waals surface area contributed by atoms with Gasteiger partial charge in [-0.05, 0) is 31.6 Å². The van der Waals surface area contributed by atoms with E-state index in [0.717, 1.165) is 25.0 Å². The monoisotopic (exact) mass is 176 g/mol. The summed E-state index contributed by atoms with van der Waals surface area (Å²) in [4.78, 5) is 0. The zero-order valence-electron chi connectivity index (χ0n) is 7.96. The first-order valence-electron chi connectivity index (χ1n) is 5.43. The second-order valence-corrected chi connectivity index (χ2v) is 4.41. The molecule has 2 fully saturated rings. The quantitative estimate of drug-likeness (QED) is 0.597. The Morgan fingerprint density at radius 1 is 1.15 bits per heavy atom. The van der Waals surface area contributed by atoms with E-state index in [-0.39, 0.29) is 0 Å². The van der Waals surface area contributed by atoms with E-state index in [2.05, 4.69) is 12.2 Å². The Bertz CT molecular complexity index is 267. The maximum absolute atomic E-state index is 5.49. The minimum atomic E-state index is 0.837. The minimum Gasteiger partial charge on any atom is -0.381 e. The smallest absolute Gasteiger partial charge is 0.0471 e. The Balaban J connectivity index is 1.70. The van der Waals surface area contributed by atoms with Gasteiger partial charge >= 0.3 is 0 Å². The predicted molar refractivity (Wildman–Crippen MR) is 52.4 cm³/mol. The number of ether oxygens (including phenoxy) is 1. The Morgan fingerprint density at radius 2 is 2.15 bits per heavy atom. The van der Waals surface area contributed by atoms with Gasteiger partial charge in [0.25, 0.3) is 0 Å². The van der Waals surface area contributed by atoms with Crippen molar-refractivity contribution in [1.29, 1.82) is 0 Å². The van der Waals surface area contributed by atoms with E-state index in [9.17, 15) is 0 Å². The van der Waals surface area contributed by atoms with Crippen LogP contribution in [0.15, 0.2) is 23.3 Å². The Labute approximate surface area is 79.5 Å². The van der Waals surface area contributed by atoms with E-state index in [1.165, 1.54) is 25.7 Å². The molecule has 3 aliphatic rings. The molecule has 1 nitrogen and oxygen atoms in total. The lowest BCUT2D eigenvalue weighted by Crippen LogP contribution is -2.05. The molecule has 0 N–H and O–H groups in total. The Kier molecular flexibility index (Phi) is 1.79. The minimum absolute atomic E-state index is 0.837. The van der Waals surface area contributed by atoms with Gasteiger partial charge in [0, 0.05) is 19.1 Å². The Morgan fingerprint density at radius 3 is 2.92 bits per heavy atom. The van der Waals surface area contributed by atoms with E-state index < -0.39 is 0 Å². The summed E-state index contributed by atoms with van der Waals surface area (Å²) in [5.41, 5.74) is 3.40. The van der Waals surface area contributed by atoms with Crippen LogP contribution in [0, 0.1) is 11.8 Å². The maximum Gasteiger partial charge on any atom is 0.0471 e. The summed E-state index contributed by atoms with van der Waals surface area (Å²) in [5, 5.41) is 0. The van der Waals surface area contributed by atoms with Crippen LogP contribution in [0.2, 0.25) is 0 Å². The molecular weight excluding hydrogens is 160 g/mol. The number of fused-ring (bicyclic) bond motifs is 1. The summed E-state index contributed by atoms with van der Waals surface area (Å²) >= 11 is 0. The Hall–Kier alpha value is -0.560. The van der Waals surface area contributed by atoms with Gasteiger partial charge in [0.1, 0.15) is 0 Å². The van der Waals surface area contributed by atoms with Crippen LogP contribution in [-0.4, -0.2) is 13.2 Å². The highest BCUT2D eigenvalue weighted by atomic mass is 16.5. The highest BCUT2D eigenvalue weighted by Crippen LogP contribution is 2.51. The standard InChI is InChI=1S/C12H16O/c1-2-9(5-7-13-6-1)11-4-3-10-8-12(10)11/h3-4,9,12H,1-2,5-8H2/t9-,12?/m0/s1. The van der Waals surface area contributed by atoms with Crippen molar-refractivity contribution in [2.45, 2.75) is 25.7 Å². The van der Waals surface area contributed by atoms with Gasteiger partial charge in [0.15, 0.2) is 0 Å². The van der Waals surface area contributed by atoms with E-state index in [0.29, 0.717) is 0 Å². The highest BCUT2D eigenvalue weighted by Gasteiger charge is 2.38. The molecule has 1 saturated carbocycles. The van der Waals surface area contributed by atoms with Gasteiger partial charge in [-0.15, -0.1) is 0 Å². The number of hydrogen-bond acceptors (Lipinski definition) is 1. The molecule has 1 unspecified atom stereocenters. The van der Waals surface area contributed by atoms with Gasteiger partial charge in [0.2, 0.25) is 0 Å². The lowest BCUT2D eigenvalue weighted by atomic mass is 9.89. The molecule has 3 rings (SSSR count). The summed E-state index contributed by atoms with van der Waals surface area (Å²) in [7, 11) is 0. The first kappa shape index (κ1) is 7.81. The van der Waals surface area contributed by atoms with Crippen molar-refractivity contribution < 1.29 is 4.74 Å². The molecule has 0 aromatic heterocycles. The molecule has 1 heteroatoms. The average Bonchev–Trinajstić information content (AvgIpc) is 2.88. The van der Waals surface area contributed by atoms with Gasteiger partial charge in [-0.2, -0.15) is 0 Å². The SMILES string of the molecule is C1=C2CC2C([C@H]2CCCOCC2)=C1. The predicted octanol–water partition coefficient (Wildman–Crippen LogP) is 2.69. The molecule has 70 valence electrons. The van der Waals surface area contributed by atoms with Crippen LogP contribution < -0.4 is 0 Å². The van der Waals surface area contributed by atoms with Crippen molar-refractivity contribution >= 4 is 0 Å². The van der Waals surface area contributed by atoms with Gasteiger partial charge in [0.05, 0.1) is 0 Å². The first-order chi connectivity index (χ1) is 6.45. The first-order valence-corrected chi connectivity index (χ1v) is 5.43. The fraction of sp³-hybridized carbons (Fsp3) is 0.667. The zero-order chi connectivity index (χ0) is 8.67. The summed E-state index contributed by atoms with van der Waals surface area (Å²) < 4.78 is 5.49. The summed E-state index contributed by atoms with van der Waals surface area (Å²) in [6, 6.07) is 0. The molecular formula is C12H16O. The molecule has 0 aromatic carbocycles. The average molecular weight is 176 g/mol. The van der Waals surface area contributed by atoms with E-state index in [1.54, 1.807) is 11.1 Å². The fourth-order valence-electron chi connectivity index (χ4n) is 2.67. The van der Waals surface area contributed by atoms with Crippen molar-refractivity contribution in [1.82, 2.24) is 0 Å². The molecule has 2 aliphatic carbocycles. The van der Waals surface area contributed by atoms with Crippen molar-refractivity contribution in [3.05, 3.63) is 23.3 Å². The van der Waals surface area contributed by atoms with E-state index >= 15 is 0 Å². The van der Waals surface area contributed by atoms with Gasteiger partial charge in [-0.25, -0.2) is 0 Å². The van der Waals surface area contributed by atoms with Crippen molar-refractivity contribution in [3.8, 4) is 0 Å². The van der Waals surface area contributed by atoms with Gasteiger partial charge in [-0.1, -0.05) is 23.3 Å². The molecule has 2 atom stereocenters. The second-order valence-electron chi connectivity index (χ2n) is 4.41. The molecule has 0 radical (unpaired) electrons. The van der Waals surface area contributed by atoms with E-state index in [4.69, 9.17) is 4.74 Å². The second kappa shape index (κ2) is 2.98. The van der Waals surface area contributed by atoms with Crippen molar-refractivity contribution in [2.75, 3.05) is 13.2 Å².